The Morgan fingerprint density at radius 3 is 2.62 bits per heavy atom. The van der Waals surface area contributed by atoms with Crippen molar-refractivity contribution in [3.8, 4) is 0 Å². The van der Waals surface area contributed by atoms with E-state index in [0.717, 1.165) is 5.01 Å². The molecule has 0 amide bonds. The number of rotatable bonds is 1. The number of hydrazine groups is 1. The molecule has 1 heterocycles. The van der Waals surface area contributed by atoms with Crippen LogP contribution in [0, 0.1) is 12.3 Å². The molecule has 0 atom stereocenters. The minimum atomic E-state index is -0.308. The predicted molar refractivity (Wildman–Crippen MR) is 49.8 cm³/mol. The summed E-state index contributed by atoms with van der Waals surface area (Å²) < 4.78 is 0. The molecule has 1 rings (SSSR count). The summed E-state index contributed by atoms with van der Waals surface area (Å²) >= 11 is 0. The Morgan fingerprint density at radius 2 is 2.15 bits per heavy atom. The summed E-state index contributed by atoms with van der Waals surface area (Å²) in [4.78, 5) is 7.65. The van der Waals surface area contributed by atoms with Crippen molar-refractivity contribution in [1.29, 1.82) is 5.41 Å². The highest BCUT2D eigenvalue weighted by atomic mass is 15.5. The van der Waals surface area contributed by atoms with Crippen molar-refractivity contribution in [2.24, 2.45) is 11.6 Å². The van der Waals surface area contributed by atoms with Crippen LogP contribution < -0.4 is 22.3 Å². The van der Waals surface area contributed by atoms with Gasteiger partial charge in [0.1, 0.15) is 0 Å². The number of nitrogens with one attached hydrogen (secondary N) is 1. The zero-order valence-corrected chi connectivity index (χ0v) is 7.15. The predicted octanol–water partition coefficient (Wildman–Crippen LogP) is -1.06. The van der Waals surface area contributed by atoms with E-state index in [0.29, 0.717) is 11.5 Å². The molecule has 0 unspecified atom stereocenters. The average Bonchev–Trinajstić information content (AvgIpc) is 2.01. The van der Waals surface area contributed by atoms with Gasteiger partial charge in [-0.2, -0.15) is 4.98 Å². The molecule has 0 aliphatic heterocycles. The first kappa shape index (κ1) is 9.20. The first-order chi connectivity index (χ1) is 6.00. The van der Waals surface area contributed by atoms with E-state index >= 15 is 0 Å². The first-order valence-corrected chi connectivity index (χ1v) is 3.50. The molecule has 0 fully saturated rings. The lowest BCUT2D eigenvalue weighted by atomic mass is 10.4. The van der Waals surface area contributed by atoms with Gasteiger partial charge in [0.2, 0.25) is 11.9 Å². The molecule has 1 aromatic rings. The molecule has 7 nitrogen and oxygen atoms in total. The van der Waals surface area contributed by atoms with Crippen LogP contribution in [0.2, 0.25) is 0 Å². The van der Waals surface area contributed by atoms with Gasteiger partial charge in [0, 0.05) is 11.8 Å². The second kappa shape index (κ2) is 3.23. The molecule has 0 saturated heterocycles. The fourth-order valence-corrected chi connectivity index (χ4v) is 0.821. The highest BCUT2D eigenvalue weighted by molar-refractivity contribution is 5.90. The minimum absolute atomic E-state index is 0.103. The van der Waals surface area contributed by atoms with Gasteiger partial charge in [-0.3, -0.25) is 5.41 Å². The number of anilines is 2. The summed E-state index contributed by atoms with van der Waals surface area (Å²) in [5, 5.41) is 7.98. The van der Waals surface area contributed by atoms with E-state index in [-0.39, 0.29) is 11.9 Å². The van der Waals surface area contributed by atoms with Gasteiger partial charge in [-0.15, -0.1) is 0 Å². The Hall–Kier alpha value is -1.89. The van der Waals surface area contributed by atoms with Crippen LogP contribution in [-0.4, -0.2) is 15.9 Å². The van der Waals surface area contributed by atoms with Gasteiger partial charge in [-0.25, -0.2) is 15.8 Å². The molecule has 0 aromatic carbocycles. The average molecular weight is 181 g/mol. The maximum absolute atomic E-state index is 7.06. The fourth-order valence-electron chi connectivity index (χ4n) is 0.821. The zero-order valence-electron chi connectivity index (χ0n) is 7.15. The maximum Gasteiger partial charge on any atom is 0.222 e. The van der Waals surface area contributed by atoms with Crippen molar-refractivity contribution < 1.29 is 0 Å². The lowest BCUT2D eigenvalue weighted by molar-refractivity contribution is 1.01. The lowest BCUT2D eigenvalue weighted by Gasteiger charge is -2.14. The van der Waals surface area contributed by atoms with Gasteiger partial charge in [0.15, 0.2) is 5.82 Å². The Bertz CT molecular complexity index is 314. The van der Waals surface area contributed by atoms with Crippen molar-refractivity contribution in [2.45, 2.75) is 6.92 Å². The van der Waals surface area contributed by atoms with Gasteiger partial charge in [-0.1, -0.05) is 0 Å². The summed E-state index contributed by atoms with van der Waals surface area (Å²) in [5.74, 6) is 5.51. The number of guanidine groups is 1. The van der Waals surface area contributed by atoms with Crippen LogP contribution >= 0.6 is 0 Å². The number of nitrogens with zero attached hydrogens (tertiary/aromatic N) is 3. The van der Waals surface area contributed by atoms with Crippen LogP contribution in [0.1, 0.15) is 5.69 Å². The molecule has 0 radical (unpaired) electrons. The maximum atomic E-state index is 7.06. The fraction of sp³-hybridized carbons (Fsp3) is 0.167. The number of nitrogens with two attached hydrogens (primary N) is 3. The van der Waals surface area contributed by atoms with E-state index < -0.39 is 0 Å². The third-order valence-corrected chi connectivity index (χ3v) is 1.36. The monoisotopic (exact) mass is 181 g/mol. The highest BCUT2D eigenvalue weighted by Gasteiger charge is 2.07. The Morgan fingerprint density at radius 1 is 1.54 bits per heavy atom. The van der Waals surface area contributed by atoms with Gasteiger partial charge in [0.25, 0.3) is 0 Å². The molecule has 7 N–H and O–H groups in total. The summed E-state index contributed by atoms with van der Waals surface area (Å²) in [6, 6.07) is 1.58. The van der Waals surface area contributed by atoms with Crippen LogP contribution in [0.4, 0.5) is 11.8 Å². The summed E-state index contributed by atoms with van der Waals surface area (Å²) in [6.45, 7) is 1.75. The number of hydrogen-bond acceptors (Lipinski definition) is 5. The zero-order chi connectivity index (χ0) is 10.0. The van der Waals surface area contributed by atoms with Crippen molar-refractivity contribution >= 4 is 17.7 Å². The lowest BCUT2D eigenvalue weighted by Crippen LogP contribution is -2.42. The second-order valence-corrected chi connectivity index (χ2v) is 2.48. The first-order valence-electron chi connectivity index (χ1n) is 3.50. The molecule has 0 spiro atoms. The smallest absolute Gasteiger partial charge is 0.222 e. The number of aryl methyl sites for hydroxylation is 1. The van der Waals surface area contributed by atoms with Crippen molar-refractivity contribution in [3.05, 3.63) is 11.8 Å². The van der Waals surface area contributed by atoms with E-state index in [2.05, 4.69) is 9.97 Å². The quantitative estimate of drug-likeness (QED) is 0.189. The minimum Gasteiger partial charge on any atom is -0.369 e. The van der Waals surface area contributed by atoms with Gasteiger partial charge in [-0.05, 0) is 6.92 Å². The molecular weight excluding hydrogens is 170 g/mol. The van der Waals surface area contributed by atoms with E-state index in [1.165, 1.54) is 0 Å². The van der Waals surface area contributed by atoms with Crippen LogP contribution in [0.5, 0.6) is 0 Å². The molecule has 7 heteroatoms. The molecule has 70 valence electrons. The number of nitrogen functional groups attached to an aromatic ring is 1. The summed E-state index contributed by atoms with van der Waals surface area (Å²) in [5.41, 5.74) is 11.2. The number of hydrogen-bond donors (Lipinski definition) is 4. The van der Waals surface area contributed by atoms with Crippen molar-refractivity contribution in [1.82, 2.24) is 9.97 Å². The molecule has 0 bridgehead atoms. The Kier molecular flexibility index (Phi) is 2.29. The van der Waals surface area contributed by atoms with E-state index in [1.807, 2.05) is 0 Å². The largest absolute Gasteiger partial charge is 0.369 e. The Balaban J connectivity index is 3.07. The van der Waals surface area contributed by atoms with Gasteiger partial charge < -0.3 is 11.5 Å². The van der Waals surface area contributed by atoms with Gasteiger partial charge >= 0.3 is 0 Å². The van der Waals surface area contributed by atoms with E-state index in [1.54, 1.807) is 13.0 Å². The SMILES string of the molecule is Cc1cc(N(N)C(=N)N)nc(N)n1. The molecule has 0 saturated carbocycles. The van der Waals surface area contributed by atoms with Crippen LogP contribution in [0.25, 0.3) is 0 Å². The third kappa shape index (κ3) is 2.03. The second-order valence-electron chi connectivity index (χ2n) is 2.48. The molecular formula is C6H11N7. The van der Waals surface area contributed by atoms with Crippen LogP contribution in [0.3, 0.4) is 0 Å². The molecule has 1 aromatic heterocycles. The summed E-state index contributed by atoms with van der Waals surface area (Å²) in [6.07, 6.45) is 0. The van der Waals surface area contributed by atoms with E-state index in [9.17, 15) is 0 Å². The van der Waals surface area contributed by atoms with Crippen LogP contribution in [0.15, 0.2) is 6.07 Å². The summed E-state index contributed by atoms with van der Waals surface area (Å²) in [7, 11) is 0. The topological polar surface area (TPSA) is 131 Å². The van der Waals surface area contributed by atoms with Crippen molar-refractivity contribution in [2.75, 3.05) is 10.7 Å². The molecule has 0 aliphatic carbocycles. The van der Waals surface area contributed by atoms with E-state index in [4.69, 9.17) is 22.7 Å². The molecule has 0 aliphatic rings. The molecule has 13 heavy (non-hydrogen) atoms. The highest BCUT2D eigenvalue weighted by Crippen LogP contribution is 2.09. The number of aromatic nitrogens is 2. The third-order valence-electron chi connectivity index (χ3n) is 1.36. The van der Waals surface area contributed by atoms with Crippen LogP contribution in [-0.2, 0) is 0 Å². The Labute approximate surface area is 75.0 Å². The normalized spacial score (nSPS) is 9.69. The van der Waals surface area contributed by atoms with Crippen molar-refractivity contribution in [3.63, 3.8) is 0 Å². The van der Waals surface area contributed by atoms with Gasteiger partial charge in [0.05, 0.1) is 0 Å². The standard InChI is InChI=1S/C6H11N7/c1-3-2-4(12-6(9)11-3)13(10)5(7)8/h2H,10H2,1H3,(H3,7,8)(H2,9,11,12).